The van der Waals surface area contributed by atoms with Crippen LogP contribution in [0.2, 0.25) is 0 Å². The molecule has 0 bridgehead atoms. The molecule has 1 saturated carbocycles. The summed E-state index contributed by atoms with van der Waals surface area (Å²) in [6.07, 6.45) is 7.63. The summed E-state index contributed by atoms with van der Waals surface area (Å²) in [6, 6.07) is 0. The molecule has 0 unspecified atom stereocenters. The lowest BCUT2D eigenvalue weighted by atomic mass is 9.66. The molecule has 2 N–H and O–H groups in total. The zero-order valence-electron chi connectivity index (χ0n) is 12.2. The first-order valence-electron chi connectivity index (χ1n) is 7.83. The molecular formula is C15H28N2O2. The first-order valence-corrected chi connectivity index (χ1v) is 7.83. The van der Waals surface area contributed by atoms with Crippen molar-refractivity contribution in [2.24, 2.45) is 11.1 Å². The molecule has 2 fully saturated rings. The maximum Gasteiger partial charge on any atom is 0.228 e. The molecular weight excluding hydrogens is 240 g/mol. The summed E-state index contributed by atoms with van der Waals surface area (Å²) < 4.78 is 5.79. The predicted octanol–water partition coefficient (Wildman–Crippen LogP) is 1.92. The summed E-state index contributed by atoms with van der Waals surface area (Å²) in [4.78, 5) is 14.6. The van der Waals surface area contributed by atoms with E-state index in [0.717, 1.165) is 58.2 Å². The summed E-state index contributed by atoms with van der Waals surface area (Å²) in [5, 5.41) is 0. The van der Waals surface area contributed by atoms with Crippen molar-refractivity contribution in [3.05, 3.63) is 0 Å². The normalized spacial score (nSPS) is 23.2. The topological polar surface area (TPSA) is 55.6 Å². The number of carbonyl (C=O) groups excluding carboxylic acids is 1. The van der Waals surface area contributed by atoms with Crippen molar-refractivity contribution >= 4 is 5.91 Å². The van der Waals surface area contributed by atoms with Gasteiger partial charge in [0.05, 0.1) is 6.10 Å². The Kier molecular flexibility index (Phi) is 5.22. The monoisotopic (exact) mass is 268 g/mol. The molecule has 1 aliphatic heterocycles. The van der Waals surface area contributed by atoms with Crippen LogP contribution < -0.4 is 5.73 Å². The maximum absolute atomic E-state index is 12.6. The fourth-order valence-corrected chi connectivity index (χ4v) is 3.22. The smallest absolute Gasteiger partial charge is 0.228 e. The second-order valence-electron chi connectivity index (χ2n) is 5.99. The molecule has 0 aromatic carbocycles. The average molecular weight is 268 g/mol. The Morgan fingerprint density at radius 3 is 2.53 bits per heavy atom. The molecule has 19 heavy (non-hydrogen) atoms. The number of nitrogens with two attached hydrogens (primary N) is 1. The Labute approximate surface area is 116 Å². The maximum atomic E-state index is 12.6. The number of amides is 1. The van der Waals surface area contributed by atoms with Crippen molar-refractivity contribution in [3.8, 4) is 0 Å². The number of ether oxygens (including phenoxy) is 1. The van der Waals surface area contributed by atoms with Gasteiger partial charge in [0.15, 0.2) is 0 Å². The van der Waals surface area contributed by atoms with Gasteiger partial charge in [-0.3, -0.25) is 4.79 Å². The quantitative estimate of drug-likeness (QED) is 0.749. The van der Waals surface area contributed by atoms with Gasteiger partial charge in [-0.05, 0) is 45.1 Å². The van der Waals surface area contributed by atoms with Crippen molar-refractivity contribution in [3.63, 3.8) is 0 Å². The van der Waals surface area contributed by atoms with E-state index in [9.17, 15) is 4.79 Å². The van der Waals surface area contributed by atoms with Crippen LogP contribution >= 0.6 is 0 Å². The van der Waals surface area contributed by atoms with E-state index in [1.807, 2.05) is 0 Å². The van der Waals surface area contributed by atoms with Gasteiger partial charge in [-0.1, -0.05) is 13.3 Å². The van der Waals surface area contributed by atoms with Crippen molar-refractivity contribution in [1.82, 2.24) is 4.90 Å². The zero-order chi connectivity index (χ0) is 13.7. The Bertz CT molecular complexity index is 289. The predicted molar refractivity (Wildman–Crippen MR) is 75.8 cm³/mol. The van der Waals surface area contributed by atoms with Crippen LogP contribution in [0.25, 0.3) is 0 Å². The van der Waals surface area contributed by atoms with Crippen LogP contribution in [0.3, 0.4) is 0 Å². The highest BCUT2D eigenvalue weighted by Crippen LogP contribution is 2.45. The summed E-state index contributed by atoms with van der Waals surface area (Å²) in [5.41, 5.74) is 5.45. The van der Waals surface area contributed by atoms with Crippen molar-refractivity contribution < 1.29 is 9.53 Å². The van der Waals surface area contributed by atoms with Crippen LogP contribution in [0, 0.1) is 5.41 Å². The highest BCUT2D eigenvalue weighted by Gasteiger charge is 2.45. The lowest BCUT2D eigenvalue weighted by Gasteiger charge is -2.44. The summed E-state index contributed by atoms with van der Waals surface area (Å²) in [6.45, 7) is 5.34. The van der Waals surface area contributed by atoms with Gasteiger partial charge in [0.2, 0.25) is 5.91 Å². The molecule has 4 nitrogen and oxygen atoms in total. The Balaban J connectivity index is 1.75. The minimum atomic E-state index is -0.00670. The van der Waals surface area contributed by atoms with Crippen LogP contribution in [0.15, 0.2) is 0 Å². The van der Waals surface area contributed by atoms with Gasteiger partial charge in [-0.25, -0.2) is 0 Å². The third-order valence-corrected chi connectivity index (χ3v) is 4.87. The molecule has 1 aliphatic carbocycles. The average Bonchev–Trinajstić information content (AvgIpc) is 2.39. The molecule has 1 amide bonds. The second-order valence-corrected chi connectivity index (χ2v) is 5.99. The minimum Gasteiger partial charge on any atom is -0.378 e. The van der Waals surface area contributed by atoms with Crippen LogP contribution in [-0.2, 0) is 9.53 Å². The minimum absolute atomic E-state index is 0.00670. The Morgan fingerprint density at radius 2 is 2.05 bits per heavy atom. The van der Waals surface area contributed by atoms with Gasteiger partial charge in [-0.15, -0.1) is 0 Å². The number of rotatable bonds is 6. The van der Waals surface area contributed by atoms with Gasteiger partial charge in [-0.2, -0.15) is 0 Å². The van der Waals surface area contributed by atoms with E-state index >= 15 is 0 Å². The third kappa shape index (κ3) is 3.29. The van der Waals surface area contributed by atoms with Crippen molar-refractivity contribution in [1.29, 1.82) is 0 Å². The number of hydrogen-bond donors (Lipinski definition) is 1. The van der Waals surface area contributed by atoms with E-state index in [0.29, 0.717) is 18.6 Å². The van der Waals surface area contributed by atoms with E-state index in [1.165, 1.54) is 6.42 Å². The van der Waals surface area contributed by atoms with Crippen molar-refractivity contribution in [2.75, 3.05) is 26.2 Å². The molecule has 1 saturated heterocycles. The molecule has 0 spiro atoms. The summed E-state index contributed by atoms with van der Waals surface area (Å²) in [5.74, 6) is 0.404. The number of likely N-dealkylation sites (tertiary alicyclic amines) is 1. The molecule has 0 radical (unpaired) electrons. The van der Waals surface area contributed by atoms with Crippen molar-refractivity contribution in [2.45, 2.75) is 58.0 Å². The Morgan fingerprint density at radius 1 is 1.37 bits per heavy atom. The second kappa shape index (κ2) is 6.71. The highest BCUT2D eigenvalue weighted by molar-refractivity contribution is 5.83. The highest BCUT2D eigenvalue weighted by atomic mass is 16.5. The number of piperidine rings is 1. The van der Waals surface area contributed by atoms with Crippen LogP contribution in [0.1, 0.15) is 51.9 Å². The van der Waals surface area contributed by atoms with Gasteiger partial charge >= 0.3 is 0 Å². The van der Waals surface area contributed by atoms with Gasteiger partial charge in [0.25, 0.3) is 0 Å². The number of nitrogens with zero attached hydrogens (tertiary/aromatic N) is 1. The van der Waals surface area contributed by atoms with Crippen LogP contribution in [-0.4, -0.2) is 43.2 Å². The fourth-order valence-electron chi connectivity index (χ4n) is 3.22. The van der Waals surface area contributed by atoms with E-state index in [1.54, 1.807) is 0 Å². The largest absolute Gasteiger partial charge is 0.378 e. The first kappa shape index (κ1) is 14.8. The first-order chi connectivity index (χ1) is 9.22. The molecule has 2 aliphatic rings. The number of carbonyl (C=O) groups is 1. The standard InChI is InChI=1S/C15H28N2O2/c1-2-15(7-3-8-15)14(18)17-10-5-13(6-11-17)19-12-4-9-16/h13H,2-12,16H2,1H3. The molecule has 4 heteroatoms. The molecule has 110 valence electrons. The van der Waals surface area contributed by atoms with Gasteiger partial charge in [0.1, 0.15) is 0 Å². The van der Waals surface area contributed by atoms with E-state index in [2.05, 4.69) is 11.8 Å². The Hall–Kier alpha value is -0.610. The summed E-state index contributed by atoms with van der Waals surface area (Å²) in [7, 11) is 0. The molecule has 0 aromatic heterocycles. The third-order valence-electron chi connectivity index (χ3n) is 4.87. The van der Waals surface area contributed by atoms with Gasteiger partial charge in [0, 0.05) is 25.1 Å². The molecule has 0 atom stereocenters. The SMILES string of the molecule is CCC1(C(=O)N2CCC(OCCCN)CC2)CCC1. The fraction of sp³-hybridized carbons (Fsp3) is 0.933. The lowest BCUT2D eigenvalue weighted by molar-refractivity contribution is -0.150. The van der Waals surface area contributed by atoms with E-state index < -0.39 is 0 Å². The lowest BCUT2D eigenvalue weighted by Crippen LogP contribution is -2.51. The van der Waals surface area contributed by atoms with Gasteiger partial charge < -0.3 is 15.4 Å². The molecule has 1 heterocycles. The molecule has 2 rings (SSSR count). The van der Waals surface area contributed by atoms with Crippen LogP contribution in [0.5, 0.6) is 0 Å². The van der Waals surface area contributed by atoms with Crippen LogP contribution in [0.4, 0.5) is 0 Å². The zero-order valence-corrected chi connectivity index (χ0v) is 12.2. The van der Waals surface area contributed by atoms with E-state index in [-0.39, 0.29) is 5.41 Å². The summed E-state index contributed by atoms with van der Waals surface area (Å²) >= 11 is 0. The van der Waals surface area contributed by atoms with E-state index in [4.69, 9.17) is 10.5 Å². The molecule has 0 aromatic rings. The number of hydrogen-bond acceptors (Lipinski definition) is 3.